The molecule has 0 aromatic carbocycles. The summed E-state index contributed by atoms with van der Waals surface area (Å²) in [4.78, 5) is 0. The topological polar surface area (TPSA) is 68.2 Å². The van der Waals surface area contributed by atoms with E-state index in [2.05, 4.69) is 4.74 Å². The Morgan fingerprint density at radius 2 is 1.50 bits per heavy atom. The Balaban J connectivity index is 0. The Morgan fingerprint density at radius 1 is 0.938 bits per heavy atom. The summed E-state index contributed by atoms with van der Waals surface area (Å²) < 4.78 is 15.0. The molecule has 5 heteroatoms. The third kappa shape index (κ3) is 19.4. The second kappa shape index (κ2) is 17.2. The van der Waals surface area contributed by atoms with Crippen molar-refractivity contribution in [2.24, 2.45) is 0 Å². The van der Waals surface area contributed by atoms with Crippen LogP contribution in [-0.4, -0.2) is 62.6 Å². The number of aliphatic hydroxyl groups is 2. The maximum Gasteiger partial charge on any atom is 0.0780 e. The van der Waals surface area contributed by atoms with Gasteiger partial charge in [0.25, 0.3) is 0 Å². The van der Waals surface area contributed by atoms with E-state index in [1.54, 1.807) is 0 Å². The molecule has 0 radical (unpaired) electrons. The van der Waals surface area contributed by atoms with E-state index in [9.17, 15) is 0 Å². The molecule has 1 unspecified atom stereocenters. The normalized spacial score (nSPS) is 11.8. The maximum atomic E-state index is 8.09. The van der Waals surface area contributed by atoms with Crippen LogP contribution >= 0.6 is 0 Å². The molecule has 0 heterocycles. The third-order valence-electron chi connectivity index (χ3n) is 1.48. The van der Waals surface area contributed by atoms with Crippen molar-refractivity contribution < 1.29 is 24.4 Å². The van der Waals surface area contributed by atoms with E-state index >= 15 is 0 Å². The lowest BCUT2D eigenvalue weighted by Gasteiger charge is -2.09. The van der Waals surface area contributed by atoms with Crippen molar-refractivity contribution in [2.75, 3.05) is 46.2 Å². The molecule has 0 aromatic rings. The summed E-state index contributed by atoms with van der Waals surface area (Å²) in [5.74, 6) is 0. The van der Waals surface area contributed by atoms with Crippen LogP contribution in [0.4, 0.5) is 0 Å². The highest BCUT2D eigenvalue weighted by Gasteiger charge is 1.97. The molecule has 0 saturated heterocycles. The highest BCUT2D eigenvalue weighted by Crippen LogP contribution is 1.90. The van der Waals surface area contributed by atoms with Gasteiger partial charge < -0.3 is 24.4 Å². The van der Waals surface area contributed by atoms with Crippen LogP contribution in [0.5, 0.6) is 0 Å². The fourth-order valence-corrected chi connectivity index (χ4v) is 0.848. The molecule has 1 atom stereocenters. The molecule has 0 aliphatic carbocycles. The van der Waals surface area contributed by atoms with Gasteiger partial charge in [-0.25, -0.2) is 0 Å². The monoisotopic (exact) mass is 238 g/mol. The molecule has 0 aromatic heterocycles. The fourth-order valence-electron chi connectivity index (χ4n) is 0.848. The standard InChI is InChI=1S/C7H16O2.C4H10O3/c1-4-8-6-7(3)9-5-2;5-1-3-7-4-2-6/h7H,4-6H2,1-3H3;5-6H,1-4H2. The first kappa shape index (κ1) is 18.2. The Bertz CT molecular complexity index is 107. The van der Waals surface area contributed by atoms with Gasteiger partial charge in [0.05, 0.1) is 39.1 Å². The summed E-state index contributed by atoms with van der Waals surface area (Å²) in [6, 6.07) is 0. The number of hydrogen-bond acceptors (Lipinski definition) is 5. The van der Waals surface area contributed by atoms with Crippen LogP contribution in [0.2, 0.25) is 0 Å². The first-order valence-electron chi connectivity index (χ1n) is 5.71. The van der Waals surface area contributed by atoms with Crippen molar-refractivity contribution >= 4 is 0 Å². The molecule has 0 saturated carbocycles. The molecule has 2 N–H and O–H groups in total. The minimum absolute atomic E-state index is 0.0278. The second-order valence-corrected chi connectivity index (χ2v) is 2.99. The molecule has 5 nitrogen and oxygen atoms in total. The molecule has 0 spiro atoms. The van der Waals surface area contributed by atoms with Gasteiger partial charge >= 0.3 is 0 Å². The van der Waals surface area contributed by atoms with E-state index in [1.807, 2.05) is 20.8 Å². The van der Waals surface area contributed by atoms with Gasteiger partial charge in [-0.3, -0.25) is 0 Å². The number of hydrogen-bond donors (Lipinski definition) is 2. The van der Waals surface area contributed by atoms with E-state index in [1.165, 1.54) is 0 Å². The van der Waals surface area contributed by atoms with Crippen molar-refractivity contribution in [1.82, 2.24) is 0 Å². The Morgan fingerprint density at radius 3 is 1.88 bits per heavy atom. The summed E-state index contributed by atoms with van der Waals surface area (Å²) in [5.41, 5.74) is 0. The molecule has 0 fully saturated rings. The van der Waals surface area contributed by atoms with Crippen molar-refractivity contribution in [3.05, 3.63) is 0 Å². The maximum absolute atomic E-state index is 8.09. The van der Waals surface area contributed by atoms with Crippen LogP contribution in [0.3, 0.4) is 0 Å². The molecule has 0 aliphatic heterocycles. The third-order valence-corrected chi connectivity index (χ3v) is 1.48. The first-order chi connectivity index (χ1) is 7.72. The van der Waals surface area contributed by atoms with E-state index in [4.69, 9.17) is 19.7 Å². The number of ether oxygens (including phenoxy) is 3. The number of aliphatic hydroxyl groups excluding tert-OH is 2. The van der Waals surface area contributed by atoms with Crippen molar-refractivity contribution in [2.45, 2.75) is 26.9 Å². The quantitative estimate of drug-likeness (QED) is 0.570. The molecule has 0 rings (SSSR count). The summed E-state index contributed by atoms with van der Waals surface area (Å²) >= 11 is 0. The van der Waals surface area contributed by atoms with Gasteiger partial charge in [0.2, 0.25) is 0 Å². The minimum Gasteiger partial charge on any atom is -0.394 e. The van der Waals surface area contributed by atoms with Crippen molar-refractivity contribution in [1.29, 1.82) is 0 Å². The van der Waals surface area contributed by atoms with Crippen molar-refractivity contribution in [3.63, 3.8) is 0 Å². The molecule has 0 amide bonds. The average molecular weight is 238 g/mol. The van der Waals surface area contributed by atoms with Crippen LogP contribution in [0, 0.1) is 0 Å². The largest absolute Gasteiger partial charge is 0.394 e. The van der Waals surface area contributed by atoms with Crippen LogP contribution < -0.4 is 0 Å². The zero-order chi connectivity index (χ0) is 12.6. The molecule has 0 aliphatic rings. The molecule has 100 valence electrons. The Kier molecular flexibility index (Phi) is 19.5. The lowest BCUT2D eigenvalue weighted by atomic mass is 10.4. The first-order valence-corrected chi connectivity index (χ1v) is 5.71. The second-order valence-electron chi connectivity index (χ2n) is 2.99. The summed E-state index contributed by atoms with van der Waals surface area (Å²) in [5, 5.41) is 16.2. The molecule has 16 heavy (non-hydrogen) atoms. The Hall–Kier alpha value is -0.200. The lowest BCUT2D eigenvalue weighted by molar-refractivity contribution is 0.00215. The highest BCUT2D eigenvalue weighted by molar-refractivity contribution is 4.44. The highest BCUT2D eigenvalue weighted by atomic mass is 16.5. The predicted octanol–water partition coefficient (Wildman–Crippen LogP) is 0.435. The summed E-state index contributed by atoms with van der Waals surface area (Å²) in [6.07, 6.45) is 0.245. The van der Waals surface area contributed by atoms with Gasteiger partial charge in [0.1, 0.15) is 0 Å². The molecular weight excluding hydrogens is 212 g/mol. The minimum atomic E-state index is 0.0278. The zero-order valence-electron chi connectivity index (χ0n) is 10.6. The Labute approximate surface area is 98.3 Å². The smallest absolute Gasteiger partial charge is 0.0780 e. The van der Waals surface area contributed by atoms with E-state index in [-0.39, 0.29) is 19.3 Å². The molecule has 0 bridgehead atoms. The number of rotatable bonds is 9. The van der Waals surface area contributed by atoms with Crippen LogP contribution in [0.1, 0.15) is 20.8 Å². The van der Waals surface area contributed by atoms with Gasteiger partial charge in [0, 0.05) is 13.2 Å². The van der Waals surface area contributed by atoms with Crippen LogP contribution in [0.15, 0.2) is 0 Å². The zero-order valence-corrected chi connectivity index (χ0v) is 10.6. The molecular formula is C11H26O5. The van der Waals surface area contributed by atoms with Gasteiger partial charge in [-0.05, 0) is 20.8 Å². The summed E-state index contributed by atoms with van der Waals surface area (Å²) in [6.45, 7) is 8.94. The SMILES string of the molecule is CCOCC(C)OCC.OCCOCCO. The van der Waals surface area contributed by atoms with E-state index < -0.39 is 0 Å². The van der Waals surface area contributed by atoms with Gasteiger partial charge in [0.15, 0.2) is 0 Å². The fraction of sp³-hybridized carbons (Fsp3) is 1.00. The van der Waals surface area contributed by atoms with Crippen molar-refractivity contribution in [3.8, 4) is 0 Å². The predicted molar refractivity (Wildman–Crippen MR) is 62.6 cm³/mol. The van der Waals surface area contributed by atoms with Gasteiger partial charge in [-0.1, -0.05) is 0 Å². The van der Waals surface area contributed by atoms with Crippen LogP contribution in [-0.2, 0) is 14.2 Å². The lowest BCUT2D eigenvalue weighted by Crippen LogP contribution is -2.15. The summed E-state index contributed by atoms with van der Waals surface area (Å²) in [7, 11) is 0. The van der Waals surface area contributed by atoms with E-state index in [0.29, 0.717) is 19.8 Å². The van der Waals surface area contributed by atoms with E-state index in [0.717, 1.165) is 13.2 Å². The average Bonchev–Trinajstić information content (AvgIpc) is 2.28. The van der Waals surface area contributed by atoms with Gasteiger partial charge in [-0.2, -0.15) is 0 Å². The van der Waals surface area contributed by atoms with Crippen LogP contribution in [0.25, 0.3) is 0 Å². The van der Waals surface area contributed by atoms with Gasteiger partial charge in [-0.15, -0.1) is 0 Å².